The molecule has 6 nitrogen and oxygen atoms in total. The fourth-order valence-electron chi connectivity index (χ4n) is 1.13. The summed E-state index contributed by atoms with van der Waals surface area (Å²) >= 11 is 0. The summed E-state index contributed by atoms with van der Waals surface area (Å²) in [6, 6.07) is 3.17. The zero-order chi connectivity index (χ0) is 13.8. The number of carbonyl (C=O) groups is 1. The van der Waals surface area contributed by atoms with Gasteiger partial charge < -0.3 is 14.4 Å². The third kappa shape index (κ3) is 4.25. The Kier molecular flexibility index (Phi) is 4.55. The van der Waals surface area contributed by atoms with E-state index in [9.17, 15) is 4.79 Å². The molecule has 0 saturated carbocycles. The first-order chi connectivity index (χ1) is 8.33. The van der Waals surface area contributed by atoms with E-state index in [0.717, 1.165) is 0 Å². The van der Waals surface area contributed by atoms with Crippen LogP contribution in [0.1, 0.15) is 20.8 Å². The summed E-state index contributed by atoms with van der Waals surface area (Å²) in [6.07, 6.45) is 0.903. The standard InChI is InChI=1S/C11H16BN2O4/c1-11(2,3)17-10(15)14(4)9-6-5-8(7-13-9)18-12-16/h5-7,16H,1-4H3. The molecule has 1 radical (unpaired) electrons. The van der Waals surface area contributed by atoms with E-state index in [2.05, 4.69) is 4.98 Å². The Morgan fingerprint density at radius 1 is 1.44 bits per heavy atom. The first kappa shape index (κ1) is 14.3. The van der Waals surface area contributed by atoms with Crippen LogP contribution in [0.25, 0.3) is 0 Å². The Morgan fingerprint density at radius 3 is 2.56 bits per heavy atom. The van der Waals surface area contributed by atoms with Crippen LogP contribution < -0.4 is 9.55 Å². The molecule has 0 aliphatic rings. The molecular weight excluding hydrogens is 235 g/mol. The van der Waals surface area contributed by atoms with Crippen molar-refractivity contribution < 1.29 is 19.2 Å². The molecule has 0 fully saturated rings. The topological polar surface area (TPSA) is 71.9 Å². The molecule has 0 saturated heterocycles. The van der Waals surface area contributed by atoms with Gasteiger partial charge in [-0.05, 0) is 32.9 Å². The van der Waals surface area contributed by atoms with Gasteiger partial charge in [0.15, 0.2) is 0 Å². The average Bonchev–Trinajstić information content (AvgIpc) is 2.27. The molecule has 18 heavy (non-hydrogen) atoms. The number of ether oxygens (including phenoxy) is 1. The van der Waals surface area contributed by atoms with Gasteiger partial charge in [-0.1, -0.05) is 0 Å². The highest BCUT2D eigenvalue weighted by Gasteiger charge is 2.21. The van der Waals surface area contributed by atoms with Crippen LogP contribution in [-0.4, -0.2) is 36.4 Å². The minimum Gasteiger partial charge on any atom is -0.536 e. The number of rotatable bonds is 3. The van der Waals surface area contributed by atoms with Crippen molar-refractivity contribution in [3.8, 4) is 5.75 Å². The quantitative estimate of drug-likeness (QED) is 0.821. The molecule has 0 unspecified atom stereocenters. The first-order valence-electron chi connectivity index (χ1n) is 5.39. The lowest BCUT2D eigenvalue weighted by Gasteiger charge is -2.24. The summed E-state index contributed by atoms with van der Waals surface area (Å²) in [6.45, 7) is 5.38. The van der Waals surface area contributed by atoms with Crippen LogP contribution in [0.2, 0.25) is 0 Å². The van der Waals surface area contributed by atoms with Crippen molar-refractivity contribution in [2.45, 2.75) is 26.4 Å². The maximum absolute atomic E-state index is 11.8. The number of amides is 1. The zero-order valence-electron chi connectivity index (χ0n) is 10.9. The van der Waals surface area contributed by atoms with Crippen LogP contribution in [-0.2, 0) is 4.74 Å². The van der Waals surface area contributed by atoms with Crippen molar-refractivity contribution in [2.75, 3.05) is 11.9 Å². The molecule has 97 valence electrons. The van der Waals surface area contributed by atoms with Crippen molar-refractivity contribution in [1.82, 2.24) is 4.98 Å². The van der Waals surface area contributed by atoms with Gasteiger partial charge in [0.2, 0.25) is 0 Å². The average molecular weight is 251 g/mol. The van der Waals surface area contributed by atoms with E-state index in [-0.39, 0.29) is 0 Å². The molecule has 0 spiro atoms. The van der Waals surface area contributed by atoms with E-state index in [1.807, 2.05) is 0 Å². The van der Waals surface area contributed by atoms with Gasteiger partial charge in [-0.15, -0.1) is 0 Å². The van der Waals surface area contributed by atoms with Crippen LogP contribution in [0.3, 0.4) is 0 Å². The highest BCUT2D eigenvalue weighted by molar-refractivity contribution is 6.17. The zero-order valence-corrected chi connectivity index (χ0v) is 10.9. The number of aromatic nitrogens is 1. The van der Waals surface area contributed by atoms with Gasteiger partial charge in [0.25, 0.3) is 0 Å². The first-order valence-corrected chi connectivity index (χ1v) is 5.39. The van der Waals surface area contributed by atoms with Crippen LogP contribution >= 0.6 is 0 Å². The SMILES string of the molecule is CN(C(=O)OC(C)(C)C)c1ccc(O[B]O)cn1. The predicted molar refractivity (Wildman–Crippen MR) is 67.5 cm³/mol. The Balaban J connectivity index is 2.71. The number of nitrogens with zero attached hydrogens (tertiary/aromatic N) is 2. The molecule has 1 rings (SSSR count). The molecule has 1 heterocycles. The second-order valence-electron chi connectivity index (χ2n) is 4.61. The summed E-state index contributed by atoms with van der Waals surface area (Å²) in [5, 5.41) is 8.45. The van der Waals surface area contributed by atoms with E-state index in [1.165, 1.54) is 11.1 Å². The van der Waals surface area contributed by atoms with Gasteiger partial charge in [0.1, 0.15) is 17.2 Å². The molecule has 0 aromatic carbocycles. The minimum absolute atomic E-state index is 0.374. The maximum Gasteiger partial charge on any atom is 0.569 e. The van der Waals surface area contributed by atoms with Crippen molar-refractivity contribution in [3.63, 3.8) is 0 Å². The molecule has 1 aromatic heterocycles. The molecule has 1 aromatic rings. The van der Waals surface area contributed by atoms with Gasteiger partial charge in [0, 0.05) is 7.05 Å². The number of carbonyl (C=O) groups excluding carboxylic acids is 1. The fraction of sp³-hybridized carbons (Fsp3) is 0.455. The number of hydrogen-bond acceptors (Lipinski definition) is 5. The van der Waals surface area contributed by atoms with Gasteiger partial charge >= 0.3 is 13.8 Å². The summed E-state index contributed by atoms with van der Waals surface area (Å²) in [5.74, 6) is 0.799. The monoisotopic (exact) mass is 251 g/mol. The van der Waals surface area contributed by atoms with Crippen LogP contribution in [0.15, 0.2) is 18.3 Å². The maximum atomic E-state index is 11.8. The number of anilines is 1. The second-order valence-corrected chi connectivity index (χ2v) is 4.61. The van der Waals surface area contributed by atoms with Crippen LogP contribution in [0.4, 0.5) is 10.6 Å². The highest BCUT2D eigenvalue weighted by Crippen LogP contribution is 2.17. The van der Waals surface area contributed by atoms with Crippen molar-refractivity contribution in [2.24, 2.45) is 0 Å². The van der Waals surface area contributed by atoms with E-state index in [4.69, 9.17) is 14.4 Å². The molecular formula is C11H16BN2O4. The molecule has 0 bridgehead atoms. The molecule has 1 N–H and O–H groups in total. The lowest BCUT2D eigenvalue weighted by molar-refractivity contribution is 0.0588. The Hall–Kier alpha value is -1.76. The lowest BCUT2D eigenvalue weighted by Crippen LogP contribution is -2.34. The van der Waals surface area contributed by atoms with Gasteiger partial charge in [-0.2, -0.15) is 0 Å². The minimum atomic E-state index is -0.555. The summed E-state index contributed by atoms with van der Waals surface area (Å²) in [5.41, 5.74) is -0.555. The Bertz CT molecular complexity index is 402. The Morgan fingerprint density at radius 2 is 2.11 bits per heavy atom. The van der Waals surface area contributed by atoms with E-state index < -0.39 is 11.7 Å². The fourth-order valence-corrected chi connectivity index (χ4v) is 1.13. The third-order valence-electron chi connectivity index (χ3n) is 1.92. The molecule has 0 atom stereocenters. The van der Waals surface area contributed by atoms with Crippen LogP contribution in [0.5, 0.6) is 5.75 Å². The molecule has 7 heteroatoms. The van der Waals surface area contributed by atoms with Crippen molar-refractivity contribution in [3.05, 3.63) is 18.3 Å². The number of pyridine rings is 1. The summed E-state index contributed by atoms with van der Waals surface area (Å²) in [4.78, 5) is 17.1. The van der Waals surface area contributed by atoms with E-state index >= 15 is 0 Å². The van der Waals surface area contributed by atoms with Crippen molar-refractivity contribution >= 4 is 19.6 Å². The van der Waals surface area contributed by atoms with Crippen molar-refractivity contribution in [1.29, 1.82) is 0 Å². The predicted octanol–water partition coefficient (Wildman–Crippen LogP) is 1.36. The smallest absolute Gasteiger partial charge is 0.536 e. The summed E-state index contributed by atoms with van der Waals surface area (Å²) < 4.78 is 9.92. The Labute approximate surface area is 107 Å². The third-order valence-corrected chi connectivity index (χ3v) is 1.92. The van der Waals surface area contributed by atoms with E-state index in [1.54, 1.807) is 40.0 Å². The molecule has 1 amide bonds. The second kappa shape index (κ2) is 5.73. The molecule has 0 aliphatic heterocycles. The highest BCUT2D eigenvalue weighted by atomic mass is 16.6. The molecule has 0 aliphatic carbocycles. The largest absolute Gasteiger partial charge is 0.569 e. The van der Waals surface area contributed by atoms with Gasteiger partial charge in [-0.25, -0.2) is 9.78 Å². The lowest BCUT2D eigenvalue weighted by atomic mass is 10.2. The van der Waals surface area contributed by atoms with Gasteiger partial charge in [0.05, 0.1) is 6.20 Å². The van der Waals surface area contributed by atoms with E-state index in [0.29, 0.717) is 19.3 Å². The normalized spacial score (nSPS) is 10.7. The summed E-state index contributed by atoms with van der Waals surface area (Å²) in [7, 11) is 2.13. The van der Waals surface area contributed by atoms with Crippen LogP contribution in [0, 0.1) is 0 Å². The number of hydrogen-bond donors (Lipinski definition) is 1. The van der Waals surface area contributed by atoms with Gasteiger partial charge in [-0.3, -0.25) is 4.90 Å².